The Bertz CT molecular complexity index is 611. The van der Waals surface area contributed by atoms with Crippen LogP contribution in [0.4, 0.5) is 8.78 Å². The molecule has 7 heteroatoms. The minimum atomic E-state index is -5.56. The summed E-state index contributed by atoms with van der Waals surface area (Å²) in [7, 11) is -5.56. The van der Waals surface area contributed by atoms with Crippen LogP contribution in [0.3, 0.4) is 0 Å². The maximum Gasteiger partial charge on any atom is 0.401 e. The molecule has 0 amide bonds. The Labute approximate surface area is 95.1 Å². The van der Waals surface area contributed by atoms with Crippen LogP contribution < -0.4 is 0 Å². The summed E-state index contributed by atoms with van der Waals surface area (Å²) in [4.78, 5) is 20.8. The highest BCUT2D eigenvalue weighted by atomic mass is 31.2. The van der Waals surface area contributed by atoms with Crippen molar-refractivity contribution >= 4 is 18.5 Å². The quantitative estimate of drug-likeness (QED) is 0.813. The van der Waals surface area contributed by atoms with Gasteiger partial charge in [-0.3, -0.25) is 4.57 Å². The molecule has 0 spiro atoms. The van der Waals surface area contributed by atoms with Gasteiger partial charge in [-0.15, -0.1) is 0 Å². The molecule has 0 saturated carbocycles. The lowest BCUT2D eigenvalue weighted by Crippen LogP contribution is -2.15. The fourth-order valence-electron chi connectivity index (χ4n) is 1.38. The average Bonchev–Trinajstić information content (AvgIpc) is 2.27. The molecule has 0 unspecified atom stereocenters. The fraction of sp³-hybridized carbons (Fsp3) is 0.100. The second-order valence-corrected chi connectivity index (χ2v) is 5.12. The van der Waals surface area contributed by atoms with E-state index in [1.54, 1.807) is 18.2 Å². The largest absolute Gasteiger partial charge is 0.401 e. The molecule has 0 fully saturated rings. The van der Waals surface area contributed by atoms with Crippen molar-refractivity contribution in [1.29, 1.82) is 0 Å². The predicted octanol–water partition coefficient (Wildman–Crippen LogP) is 2.46. The topological polar surface area (TPSA) is 70.4 Å². The van der Waals surface area contributed by atoms with Crippen molar-refractivity contribution in [3.8, 4) is 0 Å². The molecular formula is C10H8F2NO3P. The molecule has 2 aromatic rings. The second kappa shape index (κ2) is 3.84. The molecule has 0 radical (unpaired) electrons. The number of halogens is 2. The van der Waals surface area contributed by atoms with Gasteiger partial charge in [0.25, 0.3) is 0 Å². The van der Waals surface area contributed by atoms with Gasteiger partial charge in [-0.25, -0.2) is 4.98 Å². The number of hydrogen-bond donors (Lipinski definition) is 2. The number of fused-ring (bicyclic) bond motifs is 1. The van der Waals surface area contributed by atoms with Gasteiger partial charge in [-0.1, -0.05) is 24.3 Å². The highest BCUT2D eigenvalue weighted by Crippen LogP contribution is 2.58. The number of rotatable bonds is 2. The summed E-state index contributed by atoms with van der Waals surface area (Å²) < 4.78 is 37.4. The lowest BCUT2D eigenvalue weighted by atomic mass is 10.2. The number of aromatic nitrogens is 1. The Morgan fingerprint density at radius 1 is 1.12 bits per heavy atom. The summed E-state index contributed by atoms with van der Waals surface area (Å²) in [6.07, 6.45) is 0. The standard InChI is InChI=1S/C10H8F2NO3P/c11-10(12,17(14,15)16)9-6-5-7-3-1-2-4-8(7)13-9/h1-6H,(H2,14,15,16). The maximum absolute atomic E-state index is 13.4. The SMILES string of the molecule is O=P(O)(O)C(F)(F)c1ccc2ccccc2n1. The van der Waals surface area contributed by atoms with E-state index >= 15 is 0 Å². The van der Waals surface area contributed by atoms with E-state index in [1.807, 2.05) is 0 Å². The highest BCUT2D eigenvalue weighted by Gasteiger charge is 2.51. The van der Waals surface area contributed by atoms with Crippen molar-refractivity contribution in [2.45, 2.75) is 5.66 Å². The summed E-state index contributed by atoms with van der Waals surface area (Å²) in [6.45, 7) is 0. The zero-order chi connectivity index (χ0) is 12.7. The molecule has 0 aliphatic carbocycles. The third kappa shape index (κ3) is 2.07. The third-order valence-corrected chi connectivity index (χ3v) is 3.23. The van der Waals surface area contributed by atoms with Crippen LogP contribution in [-0.4, -0.2) is 14.8 Å². The highest BCUT2D eigenvalue weighted by molar-refractivity contribution is 7.52. The maximum atomic E-state index is 13.4. The molecule has 2 N–H and O–H groups in total. The van der Waals surface area contributed by atoms with Gasteiger partial charge < -0.3 is 9.79 Å². The van der Waals surface area contributed by atoms with E-state index < -0.39 is 19.0 Å². The molecule has 1 aromatic carbocycles. The first-order valence-corrected chi connectivity index (χ1v) is 6.23. The average molecular weight is 259 g/mol. The second-order valence-electron chi connectivity index (χ2n) is 3.47. The molecule has 0 bridgehead atoms. The van der Waals surface area contributed by atoms with E-state index in [0.29, 0.717) is 5.39 Å². The molecular weight excluding hydrogens is 251 g/mol. The molecule has 0 aliphatic rings. The minimum Gasteiger partial charge on any atom is -0.320 e. The van der Waals surface area contributed by atoms with E-state index in [1.165, 1.54) is 12.1 Å². The van der Waals surface area contributed by atoms with Gasteiger partial charge in [0.15, 0.2) is 0 Å². The van der Waals surface area contributed by atoms with Crippen LogP contribution in [0.5, 0.6) is 0 Å². The van der Waals surface area contributed by atoms with E-state index in [2.05, 4.69) is 4.98 Å². The van der Waals surface area contributed by atoms with Crippen molar-refractivity contribution in [3.63, 3.8) is 0 Å². The zero-order valence-corrected chi connectivity index (χ0v) is 9.31. The van der Waals surface area contributed by atoms with Gasteiger partial charge in [0.05, 0.1) is 5.52 Å². The molecule has 0 aliphatic heterocycles. The number of nitrogens with zero attached hydrogens (tertiary/aromatic N) is 1. The van der Waals surface area contributed by atoms with Crippen LogP contribution in [0.1, 0.15) is 5.69 Å². The molecule has 4 nitrogen and oxygen atoms in total. The van der Waals surface area contributed by atoms with Crippen LogP contribution >= 0.6 is 7.60 Å². The zero-order valence-electron chi connectivity index (χ0n) is 8.42. The van der Waals surface area contributed by atoms with Crippen molar-refractivity contribution in [1.82, 2.24) is 4.98 Å². The van der Waals surface area contributed by atoms with Crippen LogP contribution in [0.25, 0.3) is 10.9 Å². The molecule has 1 heterocycles. The normalized spacial score (nSPS) is 12.9. The van der Waals surface area contributed by atoms with Crippen molar-refractivity contribution < 1.29 is 23.1 Å². The Morgan fingerprint density at radius 3 is 2.41 bits per heavy atom. The van der Waals surface area contributed by atoms with E-state index in [4.69, 9.17) is 9.79 Å². The third-order valence-electron chi connectivity index (χ3n) is 2.27. The summed E-state index contributed by atoms with van der Waals surface area (Å²) in [5.41, 5.74) is -4.93. The Balaban J connectivity index is 2.61. The fourth-order valence-corrected chi connectivity index (χ4v) is 1.81. The first-order chi connectivity index (χ1) is 7.82. The summed E-state index contributed by atoms with van der Waals surface area (Å²) in [5.74, 6) is 0. The summed E-state index contributed by atoms with van der Waals surface area (Å²) >= 11 is 0. The Kier molecular flexibility index (Phi) is 2.73. The number of hydrogen-bond acceptors (Lipinski definition) is 2. The molecule has 2 rings (SSSR count). The first-order valence-electron chi connectivity index (χ1n) is 4.62. The van der Waals surface area contributed by atoms with Crippen LogP contribution in [0.15, 0.2) is 36.4 Å². The van der Waals surface area contributed by atoms with Gasteiger partial charge in [-0.05, 0) is 12.1 Å². The van der Waals surface area contributed by atoms with Crippen LogP contribution in [-0.2, 0) is 10.2 Å². The van der Waals surface area contributed by atoms with Gasteiger partial charge >= 0.3 is 13.3 Å². The van der Waals surface area contributed by atoms with E-state index in [9.17, 15) is 13.3 Å². The molecule has 1 aromatic heterocycles. The van der Waals surface area contributed by atoms with Crippen LogP contribution in [0.2, 0.25) is 0 Å². The van der Waals surface area contributed by atoms with E-state index in [0.717, 1.165) is 6.07 Å². The van der Waals surface area contributed by atoms with Crippen molar-refractivity contribution in [2.75, 3.05) is 0 Å². The molecule has 17 heavy (non-hydrogen) atoms. The smallest absolute Gasteiger partial charge is 0.320 e. The molecule has 0 saturated heterocycles. The van der Waals surface area contributed by atoms with Crippen LogP contribution in [0, 0.1) is 0 Å². The van der Waals surface area contributed by atoms with Gasteiger partial charge in [-0.2, -0.15) is 8.78 Å². The number of alkyl halides is 2. The predicted molar refractivity (Wildman–Crippen MR) is 57.7 cm³/mol. The van der Waals surface area contributed by atoms with Gasteiger partial charge in [0.1, 0.15) is 5.69 Å². The Hall–Kier alpha value is -1.36. The number of pyridine rings is 1. The van der Waals surface area contributed by atoms with Gasteiger partial charge in [0, 0.05) is 5.39 Å². The molecule has 0 atom stereocenters. The minimum absolute atomic E-state index is 0.262. The lowest BCUT2D eigenvalue weighted by Gasteiger charge is -2.17. The number of benzene rings is 1. The summed E-state index contributed by atoms with van der Waals surface area (Å²) in [5, 5.41) is 0.623. The number of para-hydroxylation sites is 1. The van der Waals surface area contributed by atoms with Crippen molar-refractivity contribution in [2.24, 2.45) is 0 Å². The summed E-state index contributed by atoms with van der Waals surface area (Å²) in [6, 6.07) is 8.75. The van der Waals surface area contributed by atoms with E-state index in [-0.39, 0.29) is 5.52 Å². The molecule has 90 valence electrons. The Morgan fingerprint density at radius 2 is 1.76 bits per heavy atom. The lowest BCUT2D eigenvalue weighted by molar-refractivity contribution is 0.0524. The van der Waals surface area contributed by atoms with Crippen molar-refractivity contribution in [3.05, 3.63) is 42.1 Å². The monoisotopic (exact) mass is 259 g/mol. The first kappa shape index (κ1) is 12.1. The van der Waals surface area contributed by atoms with Gasteiger partial charge in [0.2, 0.25) is 0 Å².